The predicted molar refractivity (Wildman–Crippen MR) is 111 cm³/mol. The zero-order valence-corrected chi connectivity index (χ0v) is 17.9. The molecule has 1 aromatic heterocycles. The minimum Gasteiger partial charge on any atom is -0.489 e. The highest BCUT2D eigenvalue weighted by Gasteiger charge is 2.21. The summed E-state index contributed by atoms with van der Waals surface area (Å²) in [4.78, 5) is 16.4. The molecule has 0 bridgehead atoms. The molecule has 7 nitrogen and oxygen atoms in total. The highest BCUT2D eigenvalue weighted by Crippen LogP contribution is 2.24. The molecule has 0 unspecified atom stereocenters. The number of ether oxygens (including phenoxy) is 3. The van der Waals surface area contributed by atoms with Gasteiger partial charge in [-0.15, -0.1) is 0 Å². The van der Waals surface area contributed by atoms with Crippen LogP contribution in [0.15, 0.2) is 47.0 Å². The highest BCUT2D eigenvalue weighted by molar-refractivity contribution is 5.92. The van der Waals surface area contributed by atoms with Crippen molar-refractivity contribution < 1.29 is 23.5 Å². The van der Waals surface area contributed by atoms with Crippen LogP contribution < -0.4 is 9.47 Å². The maximum absolute atomic E-state index is 12.1. The Hall–Kier alpha value is -3.35. The van der Waals surface area contributed by atoms with E-state index < -0.39 is 0 Å². The van der Waals surface area contributed by atoms with Gasteiger partial charge < -0.3 is 18.7 Å². The monoisotopic (exact) mass is 410 g/mol. The second kappa shape index (κ2) is 8.98. The molecule has 0 spiro atoms. The molecule has 3 rings (SSSR count). The Morgan fingerprint density at radius 3 is 2.33 bits per heavy atom. The number of carbonyl (C=O) groups is 1. The lowest BCUT2D eigenvalue weighted by molar-refractivity contribution is 0.0597. The van der Waals surface area contributed by atoms with Crippen molar-refractivity contribution in [2.45, 2.75) is 46.3 Å². The Morgan fingerprint density at radius 2 is 1.70 bits per heavy atom. The van der Waals surface area contributed by atoms with Crippen LogP contribution in [0.5, 0.6) is 11.5 Å². The van der Waals surface area contributed by atoms with E-state index in [-0.39, 0.29) is 24.6 Å². The van der Waals surface area contributed by atoms with Crippen LogP contribution in [-0.4, -0.2) is 23.2 Å². The van der Waals surface area contributed by atoms with Gasteiger partial charge in [0.15, 0.2) is 6.61 Å². The molecule has 0 aliphatic carbocycles. The van der Waals surface area contributed by atoms with Crippen LogP contribution in [0, 0.1) is 6.92 Å². The average molecular weight is 410 g/mol. The van der Waals surface area contributed by atoms with Crippen molar-refractivity contribution in [3.8, 4) is 11.5 Å². The van der Waals surface area contributed by atoms with E-state index in [2.05, 4.69) is 10.1 Å². The predicted octanol–water partition coefficient (Wildman–Crippen LogP) is 4.62. The molecule has 30 heavy (non-hydrogen) atoms. The molecule has 158 valence electrons. The summed E-state index contributed by atoms with van der Waals surface area (Å²) in [6.07, 6.45) is 0. The van der Waals surface area contributed by atoms with Crippen molar-refractivity contribution in [1.82, 2.24) is 10.1 Å². The minimum absolute atomic E-state index is 0.188. The quantitative estimate of drug-likeness (QED) is 0.526. The molecule has 0 N–H and O–H groups in total. The topological polar surface area (TPSA) is 83.7 Å². The van der Waals surface area contributed by atoms with E-state index in [4.69, 9.17) is 18.7 Å². The van der Waals surface area contributed by atoms with Gasteiger partial charge in [-0.05, 0) is 24.6 Å². The molecular weight excluding hydrogens is 384 g/mol. The largest absolute Gasteiger partial charge is 0.489 e. The second-order valence-corrected chi connectivity index (χ2v) is 7.92. The van der Waals surface area contributed by atoms with Crippen molar-refractivity contribution in [3.05, 3.63) is 70.9 Å². The van der Waals surface area contributed by atoms with E-state index in [9.17, 15) is 4.79 Å². The van der Waals surface area contributed by atoms with Gasteiger partial charge in [-0.2, -0.15) is 4.98 Å². The lowest BCUT2D eigenvalue weighted by Gasteiger charge is -2.13. The molecule has 3 aromatic rings. The Morgan fingerprint density at radius 1 is 1.03 bits per heavy atom. The van der Waals surface area contributed by atoms with Crippen molar-refractivity contribution in [2.75, 3.05) is 7.11 Å². The van der Waals surface area contributed by atoms with Gasteiger partial charge in [0, 0.05) is 17.0 Å². The van der Waals surface area contributed by atoms with Crippen LogP contribution in [0.1, 0.15) is 54.0 Å². The molecule has 1 heterocycles. The molecule has 2 aromatic carbocycles. The van der Waals surface area contributed by atoms with Crippen molar-refractivity contribution in [3.63, 3.8) is 0 Å². The fourth-order valence-electron chi connectivity index (χ4n) is 2.82. The molecular formula is C23H26N2O5. The Kier molecular flexibility index (Phi) is 6.40. The second-order valence-electron chi connectivity index (χ2n) is 7.92. The fraction of sp³-hybridized carbons (Fsp3) is 0.348. The SMILES string of the molecule is COC(=O)c1c(C)cccc1COc1cccc(OCc2noc(C(C)(C)C)n2)c1. The first-order valence-corrected chi connectivity index (χ1v) is 9.63. The van der Waals surface area contributed by atoms with E-state index in [0.29, 0.717) is 28.8 Å². The van der Waals surface area contributed by atoms with Gasteiger partial charge in [0.05, 0.1) is 12.7 Å². The number of aromatic nitrogens is 2. The molecule has 0 amide bonds. The van der Waals surface area contributed by atoms with E-state index in [1.54, 1.807) is 6.07 Å². The van der Waals surface area contributed by atoms with Gasteiger partial charge in [-0.3, -0.25) is 0 Å². The van der Waals surface area contributed by atoms with Gasteiger partial charge in [0.2, 0.25) is 11.7 Å². The number of carbonyl (C=O) groups excluding carboxylic acids is 1. The standard InChI is InChI=1S/C23H26N2O5/c1-15-8-6-9-16(20(15)21(26)27-5)13-28-17-10-7-11-18(12-17)29-14-19-24-22(30-25-19)23(2,3)4/h6-12H,13-14H2,1-5H3. The third-order valence-electron chi connectivity index (χ3n) is 4.43. The first kappa shape index (κ1) is 21.4. The van der Waals surface area contributed by atoms with Crippen molar-refractivity contribution in [2.24, 2.45) is 0 Å². The lowest BCUT2D eigenvalue weighted by atomic mass is 9.97. The maximum Gasteiger partial charge on any atom is 0.338 e. The van der Waals surface area contributed by atoms with Crippen LogP contribution in [0.4, 0.5) is 0 Å². The number of hydrogen-bond acceptors (Lipinski definition) is 7. The first-order valence-electron chi connectivity index (χ1n) is 9.63. The average Bonchev–Trinajstić information content (AvgIpc) is 3.20. The van der Waals surface area contributed by atoms with Crippen molar-refractivity contribution in [1.29, 1.82) is 0 Å². The molecule has 0 saturated carbocycles. The van der Waals surface area contributed by atoms with E-state index in [1.165, 1.54) is 7.11 Å². The van der Waals surface area contributed by atoms with Gasteiger partial charge >= 0.3 is 5.97 Å². The molecule has 7 heteroatoms. The summed E-state index contributed by atoms with van der Waals surface area (Å²) in [5.41, 5.74) is 1.92. The highest BCUT2D eigenvalue weighted by atomic mass is 16.5. The van der Waals surface area contributed by atoms with Gasteiger partial charge in [-0.1, -0.05) is 50.2 Å². The number of rotatable bonds is 7. The number of hydrogen-bond donors (Lipinski definition) is 0. The van der Waals surface area contributed by atoms with Gasteiger partial charge in [0.25, 0.3) is 0 Å². The summed E-state index contributed by atoms with van der Waals surface area (Å²) in [5.74, 6) is 1.91. The third-order valence-corrected chi connectivity index (χ3v) is 4.43. The number of aryl methyl sites for hydroxylation is 1. The minimum atomic E-state index is -0.376. The summed E-state index contributed by atoms with van der Waals surface area (Å²) in [5, 5.41) is 3.95. The first-order chi connectivity index (χ1) is 14.3. The number of esters is 1. The molecule has 0 aliphatic heterocycles. The van der Waals surface area contributed by atoms with Crippen LogP contribution >= 0.6 is 0 Å². The normalized spacial score (nSPS) is 11.2. The number of benzene rings is 2. The summed E-state index contributed by atoms with van der Waals surface area (Å²) in [6.45, 7) is 8.30. The van der Waals surface area contributed by atoms with Crippen LogP contribution in [0.3, 0.4) is 0 Å². The van der Waals surface area contributed by atoms with Gasteiger partial charge in [-0.25, -0.2) is 4.79 Å². The Balaban J connectivity index is 1.65. The van der Waals surface area contributed by atoms with E-state index in [0.717, 1.165) is 11.1 Å². The van der Waals surface area contributed by atoms with E-state index in [1.807, 2.05) is 64.1 Å². The van der Waals surface area contributed by atoms with Crippen LogP contribution in [-0.2, 0) is 23.4 Å². The summed E-state index contributed by atoms with van der Waals surface area (Å²) >= 11 is 0. The Bertz CT molecular complexity index is 1020. The Labute approximate surface area is 176 Å². The number of nitrogens with zero attached hydrogens (tertiary/aromatic N) is 2. The van der Waals surface area contributed by atoms with E-state index >= 15 is 0 Å². The van der Waals surface area contributed by atoms with Crippen LogP contribution in [0.2, 0.25) is 0 Å². The summed E-state index contributed by atoms with van der Waals surface area (Å²) in [6, 6.07) is 12.9. The number of methoxy groups -OCH3 is 1. The zero-order chi connectivity index (χ0) is 21.7. The third kappa shape index (κ3) is 5.17. The smallest absolute Gasteiger partial charge is 0.338 e. The fourth-order valence-corrected chi connectivity index (χ4v) is 2.82. The molecule has 0 atom stereocenters. The molecule has 0 aliphatic rings. The molecule has 0 radical (unpaired) electrons. The summed E-state index contributed by atoms with van der Waals surface area (Å²) < 4.78 is 21.8. The van der Waals surface area contributed by atoms with Crippen molar-refractivity contribution >= 4 is 5.97 Å². The molecule has 0 fully saturated rings. The summed E-state index contributed by atoms with van der Waals surface area (Å²) in [7, 11) is 1.37. The zero-order valence-electron chi connectivity index (χ0n) is 17.9. The van der Waals surface area contributed by atoms with Gasteiger partial charge in [0.1, 0.15) is 18.1 Å². The molecule has 0 saturated heterocycles. The maximum atomic E-state index is 12.1. The van der Waals surface area contributed by atoms with Crippen LogP contribution in [0.25, 0.3) is 0 Å². The lowest BCUT2D eigenvalue weighted by Crippen LogP contribution is -2.11.